The third kappa shape index (κ3) is 2.02. The molecule has 2 N–H and O–H groups in total. The summed E-state index contributed by atoms with van der Waals surface area (Å²) in [5, 5.41) is 0. The van der Waals surface area contributed by atoms with Crippen LogP contribution in [0.1, 0.15) is 65.7 Å². The zero-order valence-electron chi connectivity index (χ0n) is 11.1. The fraction of sp³-hybridized carbons (Fsp3) is 1.00. The Balaban J connectivity index is 2.01. The molecule has 2 aliphatic rings. The Bertz CT molecular complexity index is 243. The third-order valence-corrected chi connectivity index (χ3v) is 4.94. The Morgan fingerprint density at radius 1 is 1.25 bits per heavy atom. The van der Waals surface area contributed by atoms with Crippen LogP contribution in [0.15, 0.2) is 0 Å². The highest BCUT2D eigenvalue weighted by Gasteiger charge is 2.55. The van der Waals surface area contributed by atoms with Crippen LogP contribution in [0.3, 0.4) is 0 Å². The highest BCUT2D eigenvalue weighted by atomic mass is 16.5. The van der Waals surface area contributed by atoms with Crippen LogP contribution in [0.4, 0.5) is 0 Å². The van der Waals surface area contributed by atoms with Crippen LogP contribution in [0.5, 0.6) is 0 Å². The van der Waals surface area contributed by atoms with Gasteiger partial charge in [0.15, 0.2) is 0 Å². The van der Waals surface area contributed by atoms with Crippen LogP contribution in [-0.2, 0) is 4.74 Å². The highest BCUT2D eigenvalue weighted by Crippen LogP contribution is 2.53. The molecular formula is C14H27NO. The van der Waals surface area contributed by atoms with Crippen molar-refractivity contribution >= 4 is 0 Å². The quantitative estimate of drug-likeness (QED) is 0.800. The molecule has 2 rings (SSSR count). The summed E-state index contributed by atoms with van der Waals surface area (Å²) in [6, 6.07) is 0.394. The van der Waals surface area contributed by atoms with E-state index in [0.29, 0.717) is 17.6 Å². The van der Waals surface area contributed by atoms with Crippen molar-refractivity contribution in [1.29, 1.82) is 0 Å². The molecule has 0 aromatic rings. The number of hydrogen-bond donors (Lipinski definition) is 1. The molecule has 0 saturated heterocycles. The maximum atomic E-state index is 6.31. The summed E-state index contributed by atoms with van der Waals surface area (Å²) in [4.78, 5) is 0. The second kappa shape index (κ2) is 4.30. The van der Waals surface area contributed by atoms with E-state index >= 15 is 0 Å². The number of ether oxygens (including phenoxy) is 1. The molecule has 1 spiro atoms. The maximum Gasteiger partial charge on any atom is 0.0668 e. The molecule has 2 saturated carbocycles. The van der Waals surface area contributed by atoms with Crippen molar-refractivity contribution in [3.8, 4) is 0 Å². The van der Waals surface area contributed by atoms with E-state index in [1.807, 2.05) is 0 Å². The Kier molecular flexibility index (Phi) is 3.33. The van der Waals surface area contributed by atoms with Crippen LogP contribution in [0.25, 0.3) is 0 Å². The van der Waals surface area contributed by atoms with E-state index in [1.54, 1.807) is 0 Å². The molecule has 0 heterocycles. The van der Waals surface area contributed by atoms with E-state index in [0.717, 1.165) is 12.8 Å². The smallest absolute Gasteiger partial charge is 0.0668 e. The van der Waals surface area contributed by atoms with Crippen molar-refractivity contribution in [2.75, 3.05) is 0 Å². The Morgan fingerprint density at radius 3 is 2.38 bits per heavy atom. The summed E-state index contributed by atoms with van der Waals surface area (Å²) in [5.74, 6) is 0. The zero-order valence-corrected chi connectivity index (χ0v) is 11.1. The van der Waals surface area contributed by atoms with E-state index in [2.05, 4.69) is 20.8 Å². The molecule has 0 aliphatic heterocycles. The van der Waals surface area contributed by atoms with Crippen LogP contribution in [0.2, 0.25) is 0 Å². The van der Waals surface area contributed by atoms with Crippen LogP contribution >= 0.6 is 0 Å². The molecule has 0 bridgehead atoms. The van der Waals surface area contributed by atoms with Gasteiger partial charge in [-0.25, -0.2) is 0 Å². The first-order valence-corrected chi connectivity index (χ1v) is 6.93. The predicted molar refractivity (Wildman–Crippen MR) is 67.4 cm³/mol. The van der Waals surface area contributed by atoms with Gasteiger partial charge in [-0.1, -0.05) is 26.2 Å². The lowest BCUT2D eigenvalue weighted by molar-refractivity contribution is -0.197. The third-order valence-electron chi connectivity index (χ3n) is 4.94. The number of nitrogens with two attached hydrogens (primary N) is 1. The van der Waals surface area contributed by atoms with Crippen LogP contribution < -0.4 is 5.73 Å². The first-order chi connectivity index (χ1) is 7.50. The van der Waals surface area contributed by atoms with Crippen LogP contribution in [0, 0.1) is 5.41 Å². The van der Waals surface area contributed by atoms with Crippen molar-refractivity contribution in [3.63, 3.8) is 0 Å². The number of hydrogen-bond acceptors (Lipinski definition) is 2. The zero-order chi connectivity index (χ0) is 11.8. The monoisotopic (exact) mass is 225 g/mol. The van der Waals surface area contributed by atoms with Crippen molar-refractivity contribution in [3.05, 3.63) is 0 Å². The maximum absolute atomic E-state index is 6.31. The minimum absolute atomic E-state index is 0.0231. The van der Waals surface area contributed by atoms with Crippen LogP contribution in [-0.4, -0.2) is 17.7 Å². The molecule has 16 heavy (non-hydrogen) atoms. The summed E-state index contributed by atoms with van der Waals surface area (Å²) < 4.78 is 6.31. The lowest BCUT2D eigenvalue weighted by Crippen LogP contribution is -2.64. The van der Waals surface area contributed by atoms with Gasteiger partial charge in [-0.15, -0.1) is 0 Å². The summed E-state index contributed by atoms with van der Waals surface area (Å²) in [6.45, 7) is 6.60. The lowest BCUT2D eigenvalue weighted by atomic mass is 9.55. The fourth-order valence-electron chi connectivity index (χ4n) is 3.32. The summed E-state index contributed by atoms with van der Waals surface area (Å²) in [7, 11) is 0. The van der Waals surface area contributed by atoms with Gasteiger partial charge in [-0.3, -0.25) is 0 Å². The topological polar surface area (TPSA) is 35.2 Å². The van der Waals surface area contributed by atoms with Crippen molar-refractivity contribution in [2.45, 2.75) is 83.5 Å². The standard InChI is InChI=1S/C14H27NO/c1-4-13(2,3)16-12-10-11(15)14(12)8-6-5-7-9-14/h11-12H,4-10,15H2,1-3H3. The van der Waals surface area contributed by atoms with E-state index < -0.39 is 0 Å². The lowest BCUT2D eigenvalue weighted by Gasteiger charge is -2.58. The summed E-state index contributed by atoms with van der Waals surface area (Å²) in [6.07, 6.45) is 9.24. The Labute approximate surface area is 99.9 Å². The van der Waals surface area contributed by atoms with Gasteiger partial charge in [0.25, 0.3) is 0 Å². The van der Waals surface area contributed by atoms with Crippen molar-refractivity contribution in [1.82, 2.24) is 0 Å². The van der Waals surface area contributed by atoms with Gasteiger partial charge in [0, 0.05) is 11.5 Å². The summed E-state index contributed by atoms with van der Waals surface area (Å²) >= 11 is 0. The van der Waals surface area contributed by atoms with E-state index in [9.17, 15) is 0 Å². The average Bonchev–Trinajstić information content (AvgIpc) is 2.30. The largest absolute Gasteiger partial charge is 0.372 e. The van der Waals surface area contributed by atoms with Crippen molar-refractivity contribution in [2.24, 2.45) is 11.1 Å². The second-order valence-corrected chi connectivity index (χ2v) is 6.36. The molecule has 2 aliphatic carbocycles. The van der Waals surface area contributed by atoms with Gasteiger partial charge >= 0.3 is 0 Å². The second-order valence-electron chi connectivity index (χ2n) is 6.36. The molecule has 2 nitrogen and oxygen atoms in total. The SMILES string of the molecule is CCC(C)(C)OC1CC(N)C12CCCCC2. The molecule has 94 valence electrons. The van der Waals surface area contributed by atoms with Crippen molar-refractivity contribution < 1.29 is 4.74 Å². The average molecular weight is 225 g/mol. The highest BCUT2D eigenvalue weighted by molar-refractivity contribution is 5.08. The molecule has 2 fully saturated rings. The Hall–Kier alpha value is -0.0800. The molecule has 0 amide bonds. The van der Waals surface area contributed by atoms with Gasteiger partial charge < -0.3 is 10.5 Å². The predicted octanol–water partition coefficient (Wildman–Crippen LogP) is 3.24. The van der Waals surface area contributed by atoms with E-state index in [-0.39, 0.29) is 5.60 Å². The van der Waals surface area contributed by atoms with E-state index in [1.165, 1.54) is 32.1 Å². The fourth-order valence-corrected chi connectivity index (χ4v) is 3.32. The first kappa shape index (κ1) is 12.4. The minimum Gasteiger partial charge on any atom is -0.372 e. The first-order valence-electron chi connectivity index (χ1n) is 6.93. The van der Waals surface area contributed by atoms with Gasteiger partial charge in [0.1, 0.15) is 0 Å². The number of rotatable bonds is 3. The normalized spacial score (nSPS) is 33.8. The van der Waals surface area contributed by atoms with Gasteiger partial charge in [-0.05, 0) is 39.5 Å². The molecule has 0 aromatic carbocycles. The van der Waals surface area contributed by atoms with Gasteiger partial charge in [0.2, 0.25) is 0 Å². The molecule has 2 atom stereocenters. The van der Waals surface area contributed by atoms with Gasteiger partial charge in [0.05, 0.1) is 11.7 Å². The Morgan fingerprint density at radius 2 is 1.88 bits per heavy atom. The molecule has 2 heteroatoms. The summed E-state index contributed by atoms with van der Waals surface area (Å²) in [5.41, 5.74) is 6.62. The molecular weight excluding hydrogens is 198 g/mol. The van der Waals surface area contributed by atoms with Gasteiger partial charge in [-0.2, -0.15) is 0 Å². The minimum atomic E-state index is 0.0231. The molecule has 2 unspecified atom stereocenters. The van der Waals surface area contributed by atoms with E-state index in [4.69, 9.17) is 10.5 Å². The molecule has 0 aromatic heterocycles. The molecule has 0 radical (unpaired) electrons.